The highest BCUT2D eigenvalue weighted by atomic mass is 15.3. The number of hydrogen-bond acceptors (Lipinski definition) is 2. The van der Waals surface area contributed by atoms with Gasteiger partial charge in [-0.1, -0.05) is 19.8 Å². The zero-order valence-corrected chi connectivity index (χ0v) is 9.72. The summed E-state index contributed by atoms with van der Waals surface area (Å²) in [5, 5.41) is 18.0. The summed E-state index contributed by atoms with van der Waals surface area (Å²) in [5.41, 5.74) is 0. The first kappa shape index (κ1) is 13.5. The Bertz CT molecular complexity index is 264. The van der Waals surface area contributed by atoms with Gasteiger partial charge in [-0.3, -0.25) is 10.8 Å². The molecule has 0 heterocycles. The lowest BCUT2D eigenvalue weighted by Gasteiger charge is -2.29. The van der Waals surface area contributed by atoms with Gasteiger partial charge in [0.05, 0.1) is 12.4 Å². The molecule has 4 nitrogen and oxygen atoms in total. The van der Waals surface area contributed by atoms with Crippen LogP contribution in [0.1, 0.15) is 33.6 Å². The van der Waals surface area contributed by atoms with Crippen molar-refractivity contribution in [3.05, 3.63) is 0 Å². The lowest BCUT2D eigenvalue weighted by Crippen LogP contribution is -2.47. The number of nitrogens with one attached hydrogen (secondary N) is 3. The van der Waals surface area contributed by atoms with Crippen LogP contribution in [0.15, 0.2) is 0 Å². The Morgan fingerprint density at radius 1 is 1.47 bits per heavy atom. The van der Waals surface area contributed by atoms with E-state index >= 15 is 0 Å². The SMILES string of the molecule is C#CCN(C(=N)NC(=N)CC)C(C)CC. The second kappa shape index (κ2) is 6.88. The molecule has 0 aromatic heterocycles. The third kappa shape index (κ3) is 4.50. The van der Waals surface area contributed by atoms with Crippen molar-refractivity contribution in [2.24, 2.45) is 0 Å². The molecule has 0 amide bonds. The van der Waals surface area contributed by atoms with Crippen LogP contribution < -0.4 is 5.32 Å². The van der Waals surface area contributed by atoms with Crippen LogP contribution in [-0.2, 0) is 0 Å². The molecule has 0 saturated carbocycles. The van der Waals surface area contributed by atoms with Crippen molar-refractivity contribution in [3.8, 4) is 12.3 Å². The van der Waals surface area contributed by atoms with Crippen molar-refractivity contribution < 1.29 is 0 Å². The van der Waals surface area contributed by atoms with Crippen LogP contribution >= 0.6 is 0 Å². The highest BCUT2D eigenvalue weighted by Gasteiger charge is 2.14. The second-order valence-electron chi connectivity index (χ2n) is 3.40. The van der Waals surface area contributed by atoms with Gasteiger partial charge in [0.2, 0.25) is 0 Å². The average molecular weight is 208 g/mol. The van der Waals surface area contributed by atoms with Gasteiger partial charge in [0, 0.05) is 12.5 Å². The molecule has 0 radical (unpaired) electrons. The van der Waals surface area contributed by atoms with E-state index in [-0.39, 0.29) is 12.0 Å². The van der Waals surface area contributed by atoms with Gasteiger partial charge in [-0.25, -0.2) is 0 Å². The lowest BCUT2D eigenvalue weighted by atomic mass is 10.2. The highest BCUT2D eigenvalue weighted by molar-refractivity contribution is 5.96. The van der Waals surface area contributed by atoms with E-state index in [0.717, 1.165) is 6.42 Å². The molecule has 0 rings (SSSR count). The fraction of sp³-hybridized carbons (Fsp3) is 0.636. The molecule has 0 spiro atoms. The molecule has 3 N–H and O–H groups in total. The van der Waals surface area contributed by atoms with Crippen LogP contribution in [0.3, 0.4) is 0 Å². The normalized spacial score (nSPS) is 11.3. The molecular weight excluding hydrogens is 188 g/mol. The summed E-state index contributed by atoms with van der Waals surface area (Å²) in [6, 6.07) is 0.214. The van der Waals surface area contributed by atoms with Gasteiger partial charge in [-0.05, 0) is 13.3 Å². The summed E-state index contributed by atoms with van der Waals surface area (Å²) in [7, 11) is 0. The molecule has 0 aliphatic rings. The highest BCUT2D eigenvalue weighted by Crippen LogP contribution is 2.02. The van der Waals surface area contributed by atoms with E-state index in [4.69, 9.17) is 17.2 Å². The van der Waals surface area contributed by atoms with Crippen LogP contribution in [0.5, 0.6) is 0 Å². The Kier molecular flexibility index (Phi) is 6.19. The van der Waals surface area contributed by atoms with Crippen LogP contribution in [0, 0.1) is 23.2 Å². The van der Waals surface area contributed by atoms with E-state index in [9.17, 15) is 0 Å². The first-order valence-corrected chi connectivity index (χ1v) is 5.19. The van der Waals surface area contributed by atoms with E-state index in [1.165, 1.54) is 0 Å². The Hall–Kier alpha value is -1.50. The Morgan fingerprint density at radius 3 is 2.47 bits per heavy atom. The number of guanidine groups is 1. The zero-order chi connectivity index (χ0) is 11.8. The summed E-state index contributed by atoms with van der Waals surface area (Å²) in [6.07, 6.45) is 6.77. The molecule has 0 aromatic carbocycles. The van der Waals surface area contributed by atoms with E-state index in [0.29, 0.717) is 18.8 Å². The summed E-state index contributed by atoms with van der Waals surface area (Å²) in [5.74, 6) is 3.08. The quantitative estimate of drug-likeness (QED) is 0.373. The molecule has 84 valence electrons. The van der Waals surface area contributed by atoms with Crippen molar-refractivity contribution in [3.63, 3.8) is 0 Å². The van der Waals surface area contributed by atoms with Crippen LogP contribution in [0.25, 0.3) is 0 Å². The standard InChI is InChI=1S/C11H20N4/c1-5-8-15(9(4)6-2)11(13)14-10(12)7-3/h1,9H,6-8H2,2-4H3,(H3,12,13,14). The smallest absolute Gasteiger partial charge is 0.197 e. The lowest BCUT2D eigenvalue weighted by molar-refractivity contribution is 0.346. The van der Waals surface area contributed by atoms with Gasteiger partial charge in [0.15, 0.2) is 5.96 Å². The molecule has 4 heteroatoms. The fourth-order valence-corrected chi connectivity index (χ4v) is 1.08. The van der Waals surface area contributed by atoms with Crippen molar-refractivity contribution in [2.45, 2.75) is 39.7 Å². The maximum Gasteiger partial charge on any atom is 0.197 e. The summed E-state index contributed by atoms with van der Waals surface area (Å²) >= 11 is 0. The number of amidine groups is 1. The van der Waals surface area contributed by atoms with Gasteiger partial charge in [0.25, 0.3) is 0 Å². The monoisotopic (exact) mass is 208 g/mol. The maximum atomic E-state index is 7.80. The van der Waals surface area contributed by atoms with Crippen LogP contribution in [0.2, 0.25) is 0 Å². The summed E-state index contributed by atoms with van der Waals surface area (Å²) < 4.78 is 0. The minimum atomic E-state index is 0.214. The van der Waals surface area contributed by atoms with Crippen LogP contribution in [0.4, 0.5) is 0 Å². The van der Waals surface area contributed by atoms with Gasteiger partial charge in [-0.15, -0.1) is 6.42 Å². The Labute approximate surface area is 92.1 Å². The number of terminal acetylenes is 1. The topological polar surface area (TPSA) is 63.0 Å². The van der Waals surface area contributed by atoms with E-state index in [1.54, 1.807) is 4.90 Å². The fourth-order valence-electron chi connectivity index (χ4n) is 1.08. The predicted molar refractivity (Wildman–Crippen MR) is 64.2 cm³/mol. The first-order chi connectivity index (χ1) is 7.06. The van der Waals surface area contributed by atoms with E-state index < -0.39 is 0 Å². The molecule has 15 heavy (non-hydrogen) atoms. The molecule has 0 aromatic rings. The molecule has 0 saturated heterocycles. The zero-order valence-electron chi connectivity index (χ0n) is 9.72. The molecule has 1 unspecified atom stereocenters. The van der Waals surface area contributed by atoms with Crippen molar-refractivity contribution in [2.75, 3.05) is 6.54 Å². The first-order valence-electron chi connectivity index (χ1n) is 5.19. The van der Waals surface area contributed by atoms with Gasteiger partial charge >= 0.3 is 0 Å². The van der Waals surface area contributed by atoms with Crippen LogP contribution in [-0.4, -0.2) is 29.3 Å². The van der Waals surface area contributed by atoms with E-state index in [1.807, 2.05) is 20.8 Å². The Balaban J connectivity index is 4.43. The van der Waals surface area contributed by atoms with Gasteiger partial charge < -0.3 is 10.2 Å². The second-order valence-corrected chi connectivity index (χ2v) is 3.40. The van der Waals surface area contributed by atoms with Crippen molar-refractivity contribution in [1.82, 2.24) is 10.2 Å². The molecule has 1 atom stereocenters. The third-order valence-electron chi connectivity index (χ3n) is 2.29. The van der Waals surface area contributed by atoms with Crippen molar-refractivity contribution >= 4 is 11.8 Å². The number of nitrogens with zero attached hydrogens (tertiary/aromatic N) is 1. The Morgan fingerprint density at radius 2 is 2.07 bits per heavy atom. The molecule has 0 bridgehead atoms. The number of hydrogen-bond donors (Lipinski definition) is 3. The molecule has 0 aliphatic heterocycles. The number of rotatable bonds is 4. The third-order valence-corrected chi connectivity index (χ3v) is 2.29. The molecular formula is C11H20N4. The maximum absolute atomic E-state index is 7.80. The van der Waals surface area contributed by atoms with Gasteiger partial charge in [0.1, 0.15) is 0 Å². The summed E-state index contributed by atoms with van der Waals surface area (Å²) in [4.78, 5) is 1.78. The van der Waals surface area contributed by atoms with Gasteiger partial charge in [-0.2, -0.15) is 0 Å². The average Bonchev–Trinajstić information content (AvgIpc) is 2.24. The minimum Gasteiger partial charge on any atom is -0.329 e. The minimum absolute atomic E-state index is 0.214. The van der Waals surface area contributed by atoms with E-state index in [2.05, 4.69) is 11.2 Å². The predicted octanol–water partition coefficient (Wildman–Crippen LogP) is 1.63. The van der Waals surface area contributed by atoms with Crippen molar-refractivity contribution in [1.29, 1.82) is 10.8 Å². The summed E-state index contributed by atoms with van der Waals surface area (Å²) in [6.45, 7) is 6.34. The molecule has 0 fully saturated rings. The largest absolute Gasteiger partial charge is 0.329 e. The molecule has 0 aliphatic carbocycles.